The fourth-order valence-electron chi connectivity index (χ4n) is 2.94. The van der Waals surface area contributed by atoms with Gasteiger partial charge in [0.15, 0.2) is 0 Å². The summed E-state index contributed by atoms with van der Waals surface area (Å²) >= 11 is 11.7. The summed E-state index contributed by atoms with van der Waals surface area (Å²) in [5.41, 5.74) is 0. The van der Waals surface area contributed by atoms with E-state index >= 15 is 0 Å². The Morgan fingerprint density at radius 3 is 2.70 bits per heavy atom. The number of rotatable bonds is 6. The molecule has 1 fully saturated rings. The molecule has 2 rings (SSSR count). The highest BCUT2D eigenvalue weighted by molar-refractivity contribution is 7.89. The van der Waals surface area contributed by atoms with E-state index in [1.54, 1.807) is 0 Å². The minimum atomic E-state index is -3.81. The van der Waals surface area contributed by atoms with E-state index in [1.165, 1.54) is 18.2 Å². The van der Waals surface area contributed by atoms with E-state index in [0.717, 1.165) is 13.0 Å². The Morgan fingerprint density at radius 2 is 2.09 bits per heavy atom. The van der Waals surface area contributed by atoms with Crippen molar-refractivity contribution in [3.63, 3.8) is 0 Å². The molecule has 8 heteroatoms. The molecule has 0 aliphatic carbocycles. The van der Waals surface area contributed by atoms with Crippen molar-refractivity contribution in [1.82, 2.24) is 9.62 Å². The van der Waals surface area contributed by atoms with Crippen LogP contribution in [-0.4, -0.2) is 50.2 Å². The minimum Gasteiger partial charge on any atom is -0.390 e. The van der Waals surface area contributed by atoms with Gasteiger partial charge in [-0.3, -0.25) is 4.90 Å². The molecule has 0 spiro atoms. The number of β-amino-alcohol motifs (C(OH)–C–C–N with tert-alkyl or cyclic N) is 1. The molecule has 0 saturated carbocycles. The molecule has 2 unspecified atom stereocenters. The van der Waals surface area contributed by atoms with Gasteiger partial charge in [0.05, 0.1) is 11.1 Å². The van der Waals surface area contributed by atoms with Crippen LogP contribution in [0.5, 0.6) is 0 Å². The van der Waals surface area contributed by atoms with Gasteiger partial charge in [-0.05, 0) is 37.5 Å². The Hall–Kier alpha value is -0.370. The van der Waals surface area contributed by atoms with Crippen molar-refractivity contribution in [3.8, 4) is 0 Å². The Labute approximate surface area is 147 Å². The van der Waals surface area contributed by atoms with Crippen molar-refractivity contribution in [2.75, 3.05) is 19.6 Å². The molecule has 1 aromatic rings. The summed E-state index contributed by atoms with van der Waals surface area (Å²) in [7, 11) is -3.81. The molecule has 0 aromatic heterocycles. The third-order valence-electron chi connectivity index (χ3n) is 4.05. The van der Waals surface area contributed by atoms with Crippen LogP contribution in [0, 0.1) is 5.92 Å². The molecule has 23 heavy (non-hydrogen) atoms. The number of hydrogen-bond donors (Lipinski definition) is 2. The van der Waals surface area contributed by atoms with Crippen LogP contribution >= 0.6 is 23.2 Å². The van der Waals surface area contributed by atoms with E-state index < -0.39 is 16.1 Å². The zero-order valence-corrected chi connectivity index (χ0v) is 15.5. The number of aliphatic hydroxyl groups excluding tert-OH is 1. The molecule has 0 radical (unpaired) electrons. The maximum Gasteiger partial charge on any atom is 0.242 e. The van der Waals surface area contributed by atoms with Crippen molar-refractivity contribution in [2.24, 2.45) is 5.92 Å². The van der Waals surface area contributed by atoms with E-state index in [-0.39, 0.29) is 21.5 Å². The van der Waals surface area contributed by atoms with E-state index in [1.807, 2.05) is 0 Å². The smallest absolute Gasteiger partial charge is 0.242 e. The molecular formula is C15H22Cl2N2O3S. The highest BCUT2D eigenvalue weighted by Gasteiger charge is 2.28. The number of halogens is 2. The summed E-state index contributed by atoms with van der Waals surface area (Å²) < 4.78 is 27.0. The Kier molecular flexibility index (Phi) is 6.33. The van der Waals surface area contributed by atoms with Crippen molar-refractivity contribution in [1.29, 1.82) is 0 Å². The number of hydrogen-bond acceptors (Lipinski definition) is 4. The standard InChI is InChI=1S/C15H22Cl2N2O3S/c1-10-5-11(2)19(8-10)9-13(20)7-18-23(21,22)15-6-12(16)3-4-14(15)17/h3-4,6,10-11,13,18,20H,5,7-9H2,1-2H3/t10?,11?,13-/m1/s1. The van der Waals surface area contributed by atoms with Gasteiger partial charge in [0, 0.05) is 30.7 Å². The minimum absolute atomic E-state index is 0.0667. The Morgan fingerprint density at radius 1 is 1.39 bits per heavy atom. The Bertz CT molecular complexity index is 654. The van der Waals surface area contributed by atoms with Crippen LogP contribution in [0.2, 0.25) is 10.0 Å². The van der Waals surface area contributed by atoms with Crippen molar-refractivity contribution in [3.05, 3.63) is 28.2 Å². The first-order chi connectivity index (χ1) is 10.7. The third kappa shape index (κ3) is 5.05. The molecule has 1 aromatic carbocycles. The molecular weight excluding hydrogens is 359 g/mol. The number of nitrogens with one attached hydrogen (secondary N) is 1. The van der Waals surface area contributed by atoms with Gasteiger partial charge in [-0.2, -0.15) is 0 Å². The lowest BCUT2D eigenvalue weighted by atomic mass is 10.1. The lowest BCUT2D eigenvalue weighted by Gasteiger charge is -2.24. The largest absolute Gasteiger partial charge is 0.390 e. The monoisotopic (exact) mass is 380 g/mol. The number of sulfonamides is 1. The van der Waals surface area contributed by atoms with Gasteiger partial charge < -0.3 is 5.11 Å². The molecule has 1 aliphatic heterocycles. The molecule has 1 heterocycles. The fourth-order valence-corrected chi connectivity index (χ4v) is 4.78. The molecule has 1 aliphatic rings. The second-order valence-corrected chi connectivity index (χ2v) is 8.80. The number of aliphatic hydroxyl groups is 1. The third-order valence-corrected chi connectivity index (χ3v) is 6.19. The van der Waals surface area contributed by atoms with Crippen LogP contribution in [0.4, 0.5) is 0 Å². The molecule has 1 saturated heterocycles. The topological polar surface area (TPSA) is 69.6 Å². The first-order valence-corrected chi connectivity index (χ1v) is 9.80. The average Bonchev–Trinajstić information content (AvgIpc) is 2.77. The van der Waals surface area contributed by atoms with Crippen LogP contribution in [0.25, 0.3) is 0 Å². The van der Waals surface area contributed by atoms with Crippen LogP contribution < -0.4 is 4.72 Å². The highest BCUT2D eigenvalue weighted by atomic mass is 35.5. The molecule has 2 N–H and O–H groups in total. The second-order valence-electron chi connectivity index (χ2n) is 6.22. The van der Waals surface area contributed by atoms with E-state index in [9.17, 15) is 13.5 Å². The van der Waals surface area contributed by atoms with E-state index in [0.29, 0.717) is 18.5 Å². The van der Waals surface area contributed by atoms with Gasteiger partial charge in [0.1, 0.15) is 4.90 Å². The zero-order valence-electron chi connectivity index (χ0n) is 13.2. The van der Waals surface area contributed by atoms with Gasteiger partial charge in [-0.25, -0.2) is 13.1 Å². The highest BCUT2D eigenvalue weighted by Crippen LogP contribution is 2.25. The molecule has 0 amide bonds. The van der Waals surface area contributed by atoms with E-state index in [4.69, 9.17) is 23.2 Å². The van der Waals surface area contributed by atoms with E-state index in [2.05, 4.69) is 23.5 Å². The first-order valence-electron chi connectivity index (χ1n) is 7.56. The predicted molar refractivity (Wildman–Crippen MR) is 92.5 cm³/mol. The maximum atomic E-state index is 12.3. The molecule has 5 nitrogen and oxygen atoms in total. The summed E-state index contributed by atoms with van der Waals surface area (Å²) in [6, 6.07) is 4.65. The average molecular weight is 381 g/mol. The summed E-state index contributed by atoms with van der Waals surface area (Å²) in [5.74, 6) is 0.596. The zero-order chi connectivity index (χ0) is 17.2. The molecule has 0 bridgehead atoms. The van der Waals surface area contributed by atoms with Gasteiger partial charge >= 0.3 is 0 Å². The predicted octanol–water partition coefficient (Wildman–Crippen LogP) is 2.36. The van der Waals surface area contributed by atoms with Crippen molar-refractivity contribution in [2.45, 2.75) is 37.3 Å². The van der Waals surface area contributed by atoms with Crippen LogP contribution in [-0.2, 0) is 10.0 Å². The Balaban J connectivity index is 1.95. The van der Waals surface area contributed by atoms with Gasteiger partial charge in [0.25, 0.3) is 0 Å². The van der Waals surface area contributed by atoms with Gasteiger partial charge in [0.2, 0.25) is 10.0 Å². The maximum absolute atomic E-state index is 12.3. The van der Waals surface area contributed by atoms with Crippen molar-refractivity contribution >= 4 is 33.2 Å². The lowest BCUT2D eigenvalue weighted by Crippen LogP contribution is -2.41. The lowest BCUT2D eigenvalue weighted by molar-refractivity contribution is 0.111. The van der Waals surface area contributed by atoms with Gasteiger partial charge in [-0.15, -0.1) is 0 Å². The van der Waals surface area contributed by atoms with Crippen molar-refractivity contribution < 1.29 is 13.5 Å². The number of benzene rings is 1. The number of likely N-dealkylation sites (tertiary alicyclic amines) is 1. The first kappa shape index (κ1) is 19.0. The summed E-state index contributed by atoms with van der Waals surface area (Å²) in [4.78, 5) is 2.10. The van der Waals surface area contributed by atoms with Crippen LogP contribution in [0.3, 0.4) is 0 Å². The molecule has 130 valence electrons. The normalized spacial score (nSPS) is 24.0. The fraction of sp³-hybridized carbons (Fsp3) is 0.600. The van der Waals surface area contributed by atoms with Crippen LogP contribution in [0.1, 0.15) is 20.3 Å². The molecule has 3 atom stereocenters. The second kappa shape index (κ2) is 7.68. The summed E-state index contributed by atoms with van der Waals surface area (Å²) in [6.07, 6.45) is 0.312. The summed E-state index contributed by atoms with van der Waals surface area (Å²) in [6.45, 7) is 5.59. The number of nitrogens with zero attached hydrogens (tertiary/aromatic N) is 1. The van der Waals surface area contributed by atoms with Gasteiger partial charge in [-0.1, -0.05) is 30.1 Å². The SMILES string of the molecule is CC1CC(C)N(C[C@H](O)CNS(=O)(=O)c2cc(Cl)ccc2Cl)C1. The quantitative estimate of drug-likeness (QED) is 0.794. The van der Waals surface area contributed by atoms with Crippen LogP contribution in [0.15, 0.2) is 23.1 Å². The summed E-state index contributed by atoms with van der Waals surface area (Å²) in [5, 5.41) is 10.5.